The zero-order valence-corrected chi connectivity index (χ0v) is 10.3. The summed E-state index contributed by atoms with van der Waals surface area (Å²) < 4.78 is 30.8. The van der Waals surface area contributed by atoms with Crippen molar-refractivity contribution in [1.29, 1.82) is 0 Å². The first kappa shape index (κ1) is 13.2. The lowest BCUT2D eigenvalue weighted by molar-refractivity contribution is 0.295. The third-order valence-electron chi connectivity index (χ3n) is 2.12. The molecule has 5 nitrogen and oxygen atoms in total. The third kappa shape index (κ3) is 3.96. The molecule has 1 unspecified atom stereocenters. The van der Waals surface area contributed by atoms with Crippen molar-refractivity contribution in [1.82, 2.24) is 4.72 Å². The van der Waals surface area contributed by atoms with Crippen LogP contribution in [0.4, 0.5) is 0 Å². The summed E-state index contributed by atoms with van der Waals surface area (Å²) in [6.45, 7) is 3.39. The van der Waals surface area contributed by atoms with Gasteiger partial charge in [0.2, 0.25) is 10.0 Å². The van der Waals surface area contributed by atoms with Crippen molar-refractivity contribution in [3.8, 4) is 0 Å². The molecule has 0 radical (unpaired) electrons. The fourth-order valence-corrected chi connectivity index (χ4v) is 2.61. The predicted octanol–water partition coefficient (Wildman–Crippen LogP) is 0.951. The van der Waals surface area contributed by atoms with Crippen LogP contribution in [0, 0.1) is 6.92 Å². The van der Waals surface area contributed by atoms with Crippen LogP contribution in [0.25, 0.3) is 0 Å². The van der Waals surface area contributed by atoms with Crippen LogP contribution < -0.4 is 4.72 Å². The molecule has 0 amide bonds. The Hall–Kier alpha value is -0.850. The molecule has 1 rings (SSSR count). The summed E-state index contributed by atoms with van der Waals surface area (Å²) in [6.07, 6.45) is 0.235. The molecule has 0 saturated carbocycles. The summed E-state index contributed by atoms with van der Waals surface area (Å²) >= 11 is 0. The van der Waals surface area contributed by atoms with Crippen molar-refractivity contribution in [2.24, 2.45) is 0 Å². The third-order valence-corrected chi connectivity index (χ3v) is 3.65. The minimum atomic E-state index is -3.35. The molecule has 0 saturated heterocycles. The van der Waals surface area contributed by atoms with E-state index in [1.54, 1.807) is 26.0 Å². The Balaban J connectivity index is 2.60. The Kier molecular flexibility index (Phi) is 4.52. The molecule has 0 aliphatic carbocycles. The highest BCUT2D eigenvalue weighted by Gasteiger charge is 2.17. The van der Waals surface area contributed by atoms with Gasteiger partial charge in [0.1, 0.15) is 11.5 Å². The molecule has 0 aliphatic heterocycles. The molecule has 0 fully saturated rings. The first-order valence-electron chi connectivity index (χ1n) is 5.12. The van der Waals surface area contributed by atoms with Gasteiger partial charge in [0, 0.05) is 6.61 Å². The Morgan fingerprint density at radius 2 is 2.19 bits per heavy atom. The molecule has 92 valence electrons. The standard InChI is InChI=1S/C10H17NO4S/c1-8-4-5-10(15-8)9(2)11-16(13,14)7-3-6-12/h4-5,9,11-12H,3,6-7H2,1-2H3. The average molecular weight is 247 g/mol. The number of aryl methyl sites for hydroxylation is 1. The number of furan rings is 1. The average Bonchev–Trinajstić information content (AvgIpc) is 2.61. The molecule has 1 atom stereocenters. The minimum absolute atomic E-state index is 0.0759. The number of hydrogen-bond acceptors (Lipinski definition) is 4. The summed E-state index contributed by atoms with van der Waals surface area (Å²) in [5.74, 6) is 1.26. The first-order valence-corrected chi connectivity index (χ1v) is 6.77. The molecular weight excluding hydrogens is 230 g/mol. The van der Waals surface area contributed by atoms with Gasteiger partial charge in [-0.25, -0.2) is 13.1 Å². The molecule has 0 spiro atoms. The van der Waals surface area contributed by atoms with E-state index in [4.69, 9.17) is 9.52 Å². The monoisotopic (exact) mass is 247 g/mol. The summed E-state index contributed by atoms with van der Waals surface area (Å²) in [6, 6.07) is 3.14. The molecule has 0 bridgehead atoms. The minimum Gasteiger partial charge on any atom is -0.465 e. The first-order chi connectivity index (χ1) is 7.44. The summed E-state index contributed by atoms with van der Waals surface area (Å²) in [5, 5.41) is 8.57. The van der Waals surface area contributed by atoms with E-state index in [1.807, 2.05) is 0 Å². The van der Waals surface area contributed by atoms with E-state index in [1.165, 1.54) is 0 Å². The highest BCUT2D eigenvalue weighted by molar-refractivity contribution is 7.89. The van der Waals surface area contributed by atoms with Crippen molar-refractivity contribution < 1.29 is 17.9 Å². The number of sulfonamides is 1. The second kappa shape index (κ2) is 5.47. The van der Waals surface area contributed by atoms with Gasteiger partial charge in [-0.1, -0.05) is 0 Å². The molecule has 2 N–H and O–H groups in total. The Morgan fingerprint density at radius 1 is 1.50 bits per heavy atom. The zero-order valence-electron chi connectivity index (χ0n) is 9.43. The van der Waals surface area contributed by atoms with Gasteiger partial charge in [-0.3, -0.25) is 0 Å². The Morgan fingerprint density at radius 3 is 2.69 bits per heavy atom. The zero-order chi connectivity index (χ0) is 12.2. The molecule has 16 heavy (non-hydrogen) atoms. The van der Waals surface area contributed by atoms with Crippen molar-refractivity contribution in [2.45, 2.75) is 26.3 Å². The van der Waals surface area contributed by atoms with Gasteiger partial charge in [-0.05, 0) is 32.4 Å². The fourth-order valence-electron chi connectivity index (χ4n) is 1.33. The van der Waals surface area contributed by atoms with Crippen LogP contribution >= 0.6 is 0 Å². The van der Waals surface area contributed by atoms with E-state index in [2.05, 4.69) is 4.72 Å². The van der Waals surface area contributed by atoms with Gasteiger partial charge >= 0.3 is 0 Å². The molecule has 1 aromatic heterocycles. The largest absolute Gasteiger partial charge is 0.465 e. The molecule has 6 heteroatoms. The summed E-state index contributed by atoms with van der Waals surface area (Å²) in [4.78, 5) is 0. The van der Waals surface area contributed by atoms with Crippen LogP contribution in [0.15, 0.2) is 16.5 Å². The molecular formula is C10H17NO4S. The van der Waals surface area contributed by atoms with Gasteiger partial charge < -0.3 is 9.52 Å². The van der Waals surface area contributed by atoms with Crippen LogP contribution in [-0.4, -0.2) is 25.9 Å². The van der Waals surface area contributed by atoms with Gasteiger partial charge in [-0.15, -0.1) is 0 Å². The van der Waals surface area contributed by atoms with Crippen LogP contribution in [0.2, 0.25) is 0 Å². The number of hydrogen-bond donors (Lipinski definition) is 2. The molecule has 1 heterocycles. The van der Waals surface area contributed by atoms with E-state index in [0.29, 0.717) is 5.76 Å². The maximum atomic E-state index is 11.5. The number of rotatable bonds is 6. The summed E-state index contributed by atoms with van der Waals surface area (Å²) in [7, 11) is -3.35. The topological polar surface area (TPSA) is 79.5 Å². The van der Waals surface area contributed by atoms with Crippen molar-refractivity contribution in [3.63, 3.8) is 0 Å². The van der Waals surface area contributed by atoms with Crippen LogP contribution in [0.3, 0.4) is 0 Å². The predicted molar refractivity (Wildman–Crippen MR) is 60.5 cm³/mol. The molecule has 0 aliphatic rings. The SMILES string of the molecule is Cc1ccc(C(C)NS(=O)(=O)CCCO)o1. The maximum Gasteiger partial charge on any atom is 0.212 e. The van der Waals surface area contributed by atoms with Gasteiger partial charge in [-0.2, -0.15) is 0 Å². The lowest BCUT2D eigenvalue weighted by atomic mass is 10.3. The van der Waals surface area contributed by atoms with Crippen molar-refractivity contribution in [2.75, 3.05) is 12.4 Å². The lowest BCUT2D eigenvalue weighted by Crippen LogP contribution is -2.29. The quantitative estimate of drug-likeness (QED) is 0.784. The van der Waals surface area contributed by atoms with Crippen LogP contribution in [0.1, 0.15) is 30.9 Å². The van der Waals surface area contributed by atoms with Gasteiger partial charge in [0.15, 0.2) is 0 Å². The van der Waals surface area contributed by atoms with E-state index in [-0.39, 0.29) is 18.8 Å². The summed E-state index contributed by atoms with van der Waals surface area (Å²) in [5.41, 5.74) is 0. The van der Waals surface area contributed by atoms with Gasteiger partial charge in [0.05, 0.1) is 11.8 Å². The smallest absolute Gasteiger partial charge is 0.212 e. The second-order valence-corrected chi connectivity index (χ2v) is 5.56. The normalized spacial score (nSPS) is 13.9. The number of nitrogens with one attached hydrogen (secondary N) is 1. The van der Waals surface area contributed by atoms with Crippen molar-refractivity contribution in [3.05, 3.63) is 23.7 Å². The van der Waals surface area contributed by atoms with E-state index in [0.717, 1.165) is 5.76 Å². The van der Waals surface area contributed by atoms with E-state index >= 15 is 0 Å². The van der Waals surface area contributed by atoms with Crippen LogP contribution in [-0.2, 0) is 10.0 Å². The lowest BCUT2D eigenvalue weighted by Gasteiger charge is -2.11. The Labute approximate surface area is 95.5 Å². The number of aliphatic hydroxyl groups is 1. The molecule has 1 aromatic rings. The highest BCUT2D eigenvalue weighted by atomic mass is 32.2. The maximum absolute atomic E-state index is 11.5. The van der Waals surface area contributed by atoms with E-state index < -0.39 is 16.1 Å². The van der Waals surface area contributed by atoms with Crippen LogP contribution in [0.5, 0.6) is 0 Å². The van der Waals surface area contributed by atoms with Crippen molar-refractivity contribution >= 4 is 10.0 Å². The fraction of sp³-hybridized carbons (Fsp3) is 0.600. The molecule has 0 aromatic carbocycles. The highest BCUT2D eigenvalue weighted by Crippen LogP contribution is 2.16. The van der Waals surface area contributed by atoms with Gasteiger partial charge in [0.25, 0.3) is 0 Å². The number of aliphatic hydroxyl groups excluding tert-OH is 1. The Bertz CT molecular complexity index is 424. The second-order valence-electron chi connectivity index (χ2n) is 3.68. The van der Waals surface area contributed by atoms with E-state index in [9.17, 15) is 8.42 Å².